The van der Waals surface area contributed by atoms with Crippen LogP contribution in [0.5, 0.6) is 0 Å². The molecule has 0 atom stereocenters. The Bertz CT molecular complexity index is 1090. The molecule has 0 bridgehead atoms. The van der Waals surface area contributed by atoms with E-state index < -0.39 is 40.7 Å². The summed E-state index contributed by atoms with van der Waals surface area (Å²) >= 11 is 5.79. The van der Waals surface area contributed by atoms with Gasteiger partial charge in [-0.25, -0.2) is 18.7 Å². The van der Waals surface area contributed by atoms with Crippen LogP contribution in [0.15, 0.2) is 35.4 Å². The second-order valence-corrected chi connectivity index (χ2v) is 5.48. The number of imidazole rings is 1. The van der Waals surface area contributed by atoms with Crippen LogP contribution < -0.4 is 5.56 Å². The van der Waals surface area contributed by atoms with Gasteiger partial charge in [0.1, 0.15) is 11.5 Å². The van der Waals surface area contributed by atoms with Crippen LogP contribution in [-0.4, -0.2) is 27.0 Å². The number of hydrogen-bond acceptors (Lipinski definition) is 4. The Balaban J connectivity index is 2.38. The molecule has 0 radical (unpaired) electrons. The van der Waals surface area contributed by atoms with Crippen LogP contribution in [0.2, 0.25) is 5.02 Å². The molecule has 0 spiro atoms. The lowest BCUT2D eigenvalue weighted by molar-refractivity contribution is -0.142. The SMILES string of the molecule is COC(=O)c1cc(-n2c(=O)cc(C(F)(F)F)n3ccnc23)c(F)cc1Cl. The second kappa shape index (κ2) is 6.13. The smallest absolute Gasteiger partial charge is 0.432 e. The number of carbonyl (C=O) groups excluding carboxylic acids is 1. The number of fused-ring (bicyclic) bond motifs is 1. The third-order valence-electron chi connectivity index (χ3n) is 3.53. The van der Waals surface area contributed by atoms with Gasteiger partial charge in [0.25, 0.3) is 5.56 Å². The number of aromatic nitrogens is 3. The molecule has 0 saturated heterocycles. The number of carbonyl (C=O) groups is 1. The lowest BCUT2D eigenvalue weighted by Gasteiger charge is -2.14. The maximum atomic E-state index is 14.4. The highest BCUT2D eigenvalue weighted by Gasteiger charge is 2.35. The number of ether oxygens (including phenoxy) is 1. The average molecular weight is 390 g/mol. The largest absolute Gasteiger partial charge is 0.465 e. The van der Waals surface area contributed by atoms with E-state index in [1.165, 1.54) is 0 Å². The summed E-state index contributed by atoms with van der Waals surface area (Å²) in [6.45, 7) is 0. The Morgan fingerprint density at radius 2 is 1.96 bits per heavy atom. The van der Waals surface area contributed by atoms with E-state index in [9.17, 15) is 27.2 Å². The van der Waals surface area contributed by atoms with Crippen LogP contribution in [0.1, 0.15) is 16.1 Å². The van der Waals surface area contributed by atoms with E-state index in [0.29, 0.717) is 15.0 Å². The van der Waals surface area contributed by atoms with E-state index in [0.717, 1.165) is 31.6 Å². The van der Waals surface area contributed by atoms with Gasteiger partial charge in [0.05, 0.1) is 23.4 Å². The first kappa shape index (κ1) is 17.9. The van der Waals surface area contributed by atoms with E-state index >= 15 is 0 Å². The summed E-state index contributed by atoms with van der Waals surface area (Å²) < 4.78 is 59.4. The molecule has 2 aromatic heterocycles. The molecule has 0 fully saturated rings. The zero-order valence-electron chi connectivity index (χ0n) is 12.8. The minimum atomic E-state index is -4.83. The molecule has 0 aliphatic heterocycles. The van der Waals surface area contributed by atoms with Gasteiger partial charge in [0.15, 0.2) is 0 Å². The number of alkyl halides is 3. The first-order chi connectivity index (χ1) is 12.1. The van der Waals surface area contributed by atoms with E-state index in [4.69, 9.17) is 11.6 Å². The van der Waals surface area contributed by atoms with E-state index in [-0.39, 0.29) is 10.6 Å². The van der Waals surface area contributed by atoms with Gasteiger partial charge in [0, 0.05) is 18.5 Å². The molecule has 0 aliphatic rings. The van der Waals surface area contributed by atoms with Crippen LogP contribution in [0.25, 0.3) is 11.5 Å². The number of methoxy groups -OCH3 is 1. The lowest BCUT2D eigenvalue weighted by Crippen LogP contribution is -2.26. The summed E-state index contributed by atoms with van der Waals surface area (Å²) in [5.41, 5.74) is -3.21. The van der Waals surface area contributed by atoms with Gasteiger partial charge in [-0.3, -0.25) is 9.20 Å². The highest BCUT2D eigenvalue weighted by Crippen LogP contribution is 2.30. The minimum absolute atomic E-state index is 0.262. The van der Waals surface area contributed by atoms with Crippen molar-refractivity contribution < 1.29 is 27.1 Å². The Morgan fingerprint density at radius 3 is 2.58 bits per heavy atom. The number of esters is 1. The highest BCUT2D eigenvalue weighted by atomic mass is 35.5. The van der Waals surface area contributed by atoms with Crippen LogP contribution in [-0.2, 0) is 10.9 Å². The lowest BCUT2D eigenvalue weighted by atomic mass is 10.2. The first-order valence-electron chi connectivity index (χ1n) is 6.89. The molecule has 3 aromatic rings. The van der Waals surface area contributed by atoms with Crippen molar-refractivity contribution in [2.75, 3.05) is 7.11 Å². The molecule has 3 rings (SSSR count). The summed E-state index contributed by atoms with van der Waals surface area (Å²) in [4.78, 5) is 27.7. The van der Waals surface area contributed by atoms with Crippen molar-refractivity contribution >= 4 is 23.3 Å². The van der Waals surface area contributed by atoms with Gasteiger partial charge in [0.2, 0.25) is 5.78 Å². The Morgan fingerprint density at radius 1 is 1.27 bits per heavy atom. The molecule has 0 unspecified atom stereocenters. The van der Waals surface area contributed by atoms with Crippen molar-refractivity contribution in [1.82, 2.24) is 14.0 Å². The molecule has 11 heteroatoms. The zero-order chi connectivity index (χ0) is 19.2. The Labute approximate surface area is 147 Å². The Hall–Kier alpha value is -2.88. The molecule has 0 saturated carbocycles. The van der Waals surface area contributed by atoms with E-state index in [1.807, 2.05) is 0 Å². The van der Waals surface area contributed by atoms with Crippen molar-refractivity contribution in [3.63, 3.8) is 0 Å². The van der Waals surface area contributed by atoms with Crippen molar-refractivity contribution in [2.24, 2.45) is 0 Å². The Kier molecular flexibility index (Phi) is 4.23. The molecule has 0 amide bonds. The maximum absolute atomic E-state index is 14.4. The van der Waals surface area contributed by atoms with Crippen LogP contribution in [0, 0.1) is 5.82 Å². The molecule has 26 heavy (non-hydrogen) atoms. The van der Waals surface area contributed by atoms with Crippen LogP contribution in [0.4, 0.5) is 17.6 Å². The molecule has 0 N–H and O–H groups in total. The van der Waals surface area contributed by atoms with Crippen LogP contribution in [0.3, 0.4) is 0 Å². The maximum Gasteiger partial charge on any atom is 0.432 e. The van der Waals surface area contributed by atoms with Crippen molar-refractivity contribution in [3.05, 3.63) is 63.0 Å². The third kappa shape index (κ3) is 2.81. The zero-order valence-corrected chi connectivity index (χ0v) is 13.6. The van der Waals surface area contributed by atoms with Crippen molar-refractivity contribution in [3.8, 4) is 5.69 Å². The summed E-state index contributed by atoms with van der Waals surface area (Å²) in [5, 5.41) is -0.280. The van der Waals surface area contributed by atoms with Gasteiger partial charge in [-0.05, 0) is 12.1 Å². The molecular formula is C15H8ClF4N3O3. The van der Waals surface area contributed by atoms with Crippen molar-refractivity contribution in [1.29, 1.82) is 0 Å². The number of nitrogens with zero attached hydrogens (tertiary/aromatic N) is 3. The van der Waals surface area contributed by atoms with Gasteiger partial charge in [-0.1, -0.05) is 11.6 Å². The van der Waals surface area contributed by atoms with Gasteiger partial charge in [-0.15, -0.1) is 0 Å². The molecule has 2 heterocycles. The second-order valence-electron chi connectivity index (χ2n) is 5.07. The monoisotopic (exact) mass is 389 g/mol. The van der Waals surface area contributed by atoms with Crippen LogP contribution >= 0.6 is 11.6 Å². The highest BCUT2D eigenvalue weighted by molar-refractivity contribution is 6.33. The molecule has 136 valence electrons. The summed E-state index contributed by atoms with van der Waals surface area (Å²) in [7, 11) is 1.07. The molecule has 0 aliphatic carbocycles. The number of benzene rings is 1. The molecular weight excluding hydrogens is 382 g/mol. The summed E-state index contributed by atoms with van der Waals surface area (Å²) in [5.74, 6) is -2.42. The fourth-order valence-electron chi connectivity index (χ4n) is 2.42. The summed E-state index contributed by atoms with van der Waals surface area (Å²) in [6.07, 6.45) is -2.83. The topological polar surface area (TPSA) is 65.6 Å². The number of halogens is 5. The predicted molar refractivity (Wildman–Crippen MR) is 82.1 cm³/mol. The molecule has 6 nitrogen and oxygen atoms in total. The predicted octanol–water partition coefficient (Wildman–Crippen LogP) is 3.08. The fourth-order valence-corrected chi connectivity index (χ4v) is 2.65. The normalized spacial score (nSPS) is 11.8. The molecule has 1 aromatic carbocycles. The quantitative estimate of drug-likeness (QED) is 0.499. The van der Waals surface area contributed by atoms with Gasteiger partial charge < -0.3 is 4.74 Å². The minimum Gasteiger partial charge on any atom is -0.465 e. The van der Waals surface area contributed by atoms with Gasteiger partial charge >= 0.3 is 12.1 Å². The van der Waals surface area contributed by atoms with E-state index in [2.05, 4.69) is 9.72 Å². The van der Waals surface area contributed by atoms with Gasteiger partial charge in [-0.2, -0.15) is 13.2 Å². The van der Waals surface area contributed by atoms with Crippen molar-refractivity contribution in [2.45, 2.75) is 6.18 Å². The standard InChI is InChI=1S/C15H8ClF4N3O3/c1-26-13(25)7-4-10(9(17)5-8(7)16)23-12(24)6-11(15(18,19)20)22-3-2-21-14(22)23/h2-6H,1H3. The van der Waals surface area contributed by atoms with E-state index in [1.54, 1.807) is 0 Å². The first-order valence-corrected chi connectivity index (χ1v) is 7.27. The average Bonchev–Trinajstić information content (AvgIpc) is 3.02. The summed E-state index contributed by atoms with van der Waals surface area (Å²) in [6, 6.07) is 1.97. The third-order valence-corrected chi connectivity index (χ3v) is 3.85. The fraction of sp³-hybridized carbons (Fsp3) is 0.133. The number of rotatable bonds is 2. The number of hydrogen-bond donors (Lipinski definition) is 0.